The van der Waals surface area contributed by atoms with Crippen molar-refractivity contribution in [3.05, 3.63) is 16.3 Å². The molecule has 1 N–H and O–H groups in total. The Balaban J connectivity index is 1.57. The van der Waals surface area contributed by atoms with E-state index in [-0.39, 0.29) is 11.2 Å². The highest BCUT2D eigenvalue weighted by atomic mass is 32.2. The predicted molar refractivity (Wildman–Crippen MR) is 109 cm³/mol. The Morgan fingerprint density at radius 3 is 2.78 bits per heavy atom. The molecule has 0 radical (unpaired) electrons. The van der Waals surface area contributed by atoms with Crippen LogP contribution in [-0.2, 0) is 17.6 Å². The molecule has 0 bridgehead atoms. The number of rotatable bonds is 4. The summed E-state index contributed by atoms with van der Waals surface area (Å²) in [6.07, 6.45) is 8.04. The maximum Gasteiger partial charge on any atom is 0.234 e. The molecule has 0 saturated heterocycles. The maximum absolute atomic E-state index is 12.8. The number of hydrogen-bond donors (Lipinski definition) is 1. The summed E-state index contributed by atoms with van der Waals surface area (Å²) in [6.45, 7) is 3.82. The maximum atomic E-state index is 12.8. The smallest absolute Gasteiger partial charge is 0.234 e. The van der Waals surface area contributed by atoms with Crippen molar-refractivity contribution in [3.8, 4) is 6.07 Å². The van der Waals surface area contributed by atoms with Crippen molar-refractivity contribution < 1.29 is 4.79 Å². The minimum absolute atomic E-state index is 0.0697. The van der Waals surface area contributed by atoms with Gasteiger partial charge in [0.2, 0.25) is 5.91 Å². The third-order valence-corrected chi connectivity index (χ3v) is 7.86. The topological polar surface area (TPSA) is 78.7 Å². The molecule has 2 aliphatic carbocycles. The molecule has 0 aromatic carbocycles. The molecule has 0 unspecified atom stereocenters. The van der Waals surface area contributed by atoms with Gasteiger partial charge < -0.3 is 5.32 Å². The minimum atomic E-state index is -0.690. The lowest BCUT2D eigenvalue weighted by Gasteiger charge is -2.32. The van der Waals surface area contributed by atoms with Crippen LogP contribution in [0.4, 0.5) is 0 Å². The number of nitrogens with one attached hydrogen (secondary N) is 1. The van der Waals surface area contributed by atoms with Crippen LogP contribution in [0.15, 0.2) is 5.03 Å². The van der Waals surface area contributed by atoms with Crippen LogP contribution in [0.1, 0.15) is 61.7 Å². The summed E-state index contributed by atoms with van der Waals surface area (Å²) in [6, 6.07) is 2.37. The summed E-state index contributed by atoms with van der Waals surface area (Å²) >= 11 is 3.27. The van der Waals surface area contributed by atoms with Crippen LogP contribution in [-0.4, -0.2) is 26.7 Å². The first-order valence-corrected chi connectivity index (χ1v) is 11.4. The van der Waals surface area contributed by atoms with E-state index < -0.39 is 5.54 Å². The van der Waals surface area contributed by atoms with Gasteiger partial charge in [-0.1, -0.05) is 31.0 Å². The molecule has 27 heavy (non-hydrogen) atoms. The SMILES string of the molecule is Cc1nc(S[C@H](C)C(=O)NC2(C#N)CCCCC2)c2c3c(sc2n1)CCC3. The van der Waals surface area contributed by atoms with Gasteiger partial charge in [0.1, 0.15) is 21.2 Å². The van der Waals surface area contributed by atoms with Crippen molar-refractivity contribution in [3.63, 3.8) is 0 Å². The summed E-state index contributed by atoms with van der Waals surface area (Å²) < 4.78 is 0. The van der Waals surface area contributed by atoms with Gasteiger partial charge in [-0.3, -0.25) is 4.79 Å². The number of fused-ring (bicyclic) bond motifs is 3. The lowest BCUT2D eigenvalue weighted by molar-refractivity contribution is -0.121. The lowest BCUT2D eigenvalue weighted by atomic mass is 9.83. The zero-order valence-corrected chi connectivity index (χ0v) is 17.4. The summed E-state index contributed by atoms with van der Waals surface area (Å²) in [5, 5.41) is 14.4. The van der Waals surface area contributed by atoms with Crippen LogP contribution in [0.5, 0.6) is 0 Å². The van der Waals surface area contributed by atoms with E-state index in [0.717, 1.165) is 66.0 Å². The lowest BCUT2D eigenvalue weighted by Crippen LogP contribution is -2.50. The highest BCUT2D eigenvalue weighted by molar-refractivity contribution is 8.00. The van der Waals surface area contributed by atoms with E-state index in [4.69, 9.17) is 0 Å². The van der Waals surface area contributed by atoms with Crippen molar-refractivity contribution in [1.29, 1.82) is 5.26 Å². The quantitative estimate of drug-likeness (QED) is 0.611. The first-order valence-electron chi connectivity index (χ1n) is 9.70. The number of aromatic nitrogens is 2. The number of hydrogen-bond acceptors (Lipinski definition) is 6. The fraction of sp³-hybridized carbons (Fsp3) is 0.600. The second-order valence-electron chi connectivity index (χ2n) is 7.62. The summed E-state index contributed by atoms with van der Waals surface area (Å²) in [7, 11) is 0. The van der Waals surface area contributed by atoms with Gasteiger partial charge in [-0.2, -0.15) is 5.26 Å². The van der Waals surface area contributed by atoms with Crippen molar-refractivity contribution >= 4 is 39.2 Å². The average molecular weight is 401 g/mol. The molecule has 2 aromatic rings. The van der Waals surface area contributed by atoms with E-state index in [1.165, 1.54) is 28.6 Å². The summed E-state index contributed by atoms with van der Waals surface area (Å²) in [5.41, 5.74) is 0.691. The first-order chi connectivity index (χ1) is 13.0. The van der Waals surface area contributed by atoms with Crippen molar-refractivity contribution in [2.75, 3.05) is 0 Å². The Morgan fingerprint density at radius 2 is 2.04 bits per heavy atom. The Labute approximate surface area is 168 Å². The molecular weight excluding hydrogens is 376 g/mol. The van der Waals surface area contributed by atoms with Crippen LogP contribution in [0.3, 0.4) is 0 Å². The molecule has 2 heterocycles. The van der Waals surface area contributed by atoms with Crippen molar-refractivity contribution in [2.24, 2.45) is 0 Å². The molecule has 1 saturated carbocycles. The number of thioether (sulfide) groups is 1. The van der Waals surface area contributed by atoms with E-state index >= 15 is 0 Å². The third kappa shape index (κ3) is 3.57. The Bertz CT molecular complexity index is 924. The molecule has 1 atom stereocenters. The second kappa shape index (κ2) is 7.40. The molecule has 2 aromatic heterocycles. The number of carbonyl (C=O) groups is 1. The van der Waals surface area contributed by atoms with E-state index in [9.17, 15) is 10.1 Å². The first kappa shape index (κ1) is 18.7. The highest BCUT2D eigenvalue weighted by Crippen LogP contribution is 2.41. The van der Waals surface area contributed by atoms with E-state index in [2.05, 4.69) is 21.4 Å². The number of aryl methyl sites for hydroxylation is 3. The molecule has 0 aliphatic heterocycles. The molecule has 4 rings (SSSR count). The van der Waals surface area contributed by atoms with Crippen LogP contribution < -0.4 is 5.32 Å². The van der Waals surface area contributed by atoms with Gasteiger partial charge in [0, 0.05) is 10.3 Å². The monoisotopic (exact) mass is 400 g/mol. The summed E-state index contributed by atoms with van der Waals surface area (Å²) in [5.74, 6) is 0.679. The molecule has 0 spiro atoms. The third-order valence-electron chi connectivity index (χ3n) is 5.58. The molecular formula is C20H24N4OS2. The molecule has 142 valence electrons. The zero-order chi connectivity index (χ0) is 19.0. The second-order valence-corrected chi connectivity index (χ2v) is 10.0. The molecule has 1 amide bonds. The number of thiophene rings is 1. The Kier molecular flexibility index (Phi) is 5.13. The number of amides is 1. The summed E-state index contributed by atoms with van der Waals surface area (Å²) in [4.78, 5) is 24.6. The van der Waals surface area contributed by atoms with Gasteiger partial charge in [-0.05, 0) is 51.5 Å². The van der Waals surface area contributed by atoms with Gasteiger partial charge in [0.25, 0.3) is 0 Å². The molecule has 2 aliphatic rings. The highest BCUT2D eigenvalue weighted by Gasteiger charge is 2.35. The number of nitrogens with zero attached hydrogens (tertiary/aromatic N) is 3. The van der Waals surface area contributed by atoms with Crippen LogP contribution in [0, 0.1) is 18.3 Å². The fourth-order valence-electron chi connectivity index (χ4n) is 4.13. The normalized spacial score (nSPS) is 19.4. The van der Waals surface area contributed by atoms with Gasteiger partial charge in [0.05, 0.1) is 11.3 Å². The van der Waals surface area contributed by atoms with Gasteiger partial charge in [0.15, 0.2) is 0 Å². The standard InChI is InChI=1S/C20H24N4OS2/c1-12(17(25)24-20(11-21)9-4-3-5-10-20)26-18-16-14-7-6-8-15(14)27-19(16)23-13(2)22-18/h12H,3-10H2,1-2H3,(H,24,25)/t12-/m1/s1. The largest absolute Gasteiger partial charge is 0.337 e. The van der Waals surface area contributed by atoms with Crippen LogP contribution in [0.2, 0.25) is 0 Å². The molecule has 1 fully saturated rings. The minimum Gasteiger partial charge on any atom is -0.337 e. The molecule has 5 nitrogen and oxygen atoms in total. The van der Waals surface area contributed by atoms with E-state index in [0.29, 0.717) is 0 Å². The van der Waals surface area contributed by atoms with E-state index in [1.807, 2.05) is 13.8 Å². The van der Waals surface area contributed by atoms with Crippen LogP contribution in [0.25, 0.3) is 10.2 Å². The number of nitriles is 1. The van der Waals surface area contributed by atoms with Gasteiger partial charge in [-0.25, -0.2) is 9.97 Å². The Morgan fingerprint density at radius 1 is 1.26 bits per heavy atom. The van der Waals surface area contributed by atoms with E-state index in [1.54, 1.807) is 11.3 Å². The Hall–Kier alpha value is -1.65. The average Bonchev–Trinajstić information content (AvgIpc) is 3.22. The number of carbonyl (C=O) groups excluding carboxylic acids is 1. The van der Waals surface area contributed by atoms with Crippen molar-refractivity contribution in [2.45, 2.75) is 81.0 Å². The predicted octanol–water partition coefficient (Wildman–Crippen LogP) is 4.31. The van der Waals surface area contributed by atoms with Crippen molar-refractivity contribution in [1.82, 2.24) is 15.3 Å². The zero-order valence-electron chi connectivity index (χ0n) is 15.8. The van der Waals surface area contributed by atoms with Gasteiger partial charge >= 0.3 is 0 Å². The van der Waals surface area contributed by atoms with Gasteiger partial charge in [-0.15, -0.1) is 11.3 Å². The van der Waals surface area contributed by atoms with Crippen LogP contribution >= 0.6 is 23.1 Å². The molecule has 7 heteroatoms. The fourth-order valence-corrected chi connectivity index (χ4v) is 6.52.